The highest BCUT2D eigenvalue weighted by atomic mass is 32.2. The molecule has 0 saturated heterocycles. The highest BCUT2D eigenvalue weighted by Crippen LogP contribution is 2.77. The number of hydrogen-bond acceptors (Lipinski definition) is 2. The molecule has 6 rings (SSSR count). The largest absolute Gasteiger partial charge is 0.380 e. The first-order valence-electron chi connectivity index (χ1n) is 13.0. The normalized spacial score (nSPS) is 29.6. The van der Waals surface area contributed by atoms with Crippen molar-refractivity contribution in [3.63, 3.8) is 0 Å². The molecule has 0 spiro atoms. The van der Waals surface area contributed by atoms with E-state index in [2.05, 4.69) is 0 Å². The summed E-state index contributed by atoms with van der Waals surface area (Å²) in [5.74, 6) is -15.6. The SMILES string of the molecule is CCCC12SC(c3ccccc3)=CC1=C1C(=C3C=C(c4ccccc4)SC32CCC)C(F)(F)C(F)(F)C1(F)F. The van der Waals surface area contributed by atoms with Gasteiger partial charge in [-0.15, -0.1) is 23.5 Å². The Hall–Kier alpha value is -2.32. The fourth-order valence-electron chi connectivity index (χ4n) is 6.59. The molecule has 2 aromatic rings. The van der Waals surface area contributed by atoms with Gasteiger partial charge in [-0.3, -0.25) is 0 Å². The minimum atomic E-state index is -5.55. The minimum absolute atomic E-state index is 0.0718. The van der Waals surface area contributed by atoms with Crippen LogP contribution in [0.15, 0.2) is 95.1 Å². The molecular formula is C31H26F6S2. The van der Waals surface area contributed by atoms with Gasteiger partial charge in [0.25, 0.3) is 0 Å². The highest BCUT2D eigenvalue weighted by Gasteiger charge is 2.84. The Bertz CT molecular complexity index is 1340. The molecule has 2 aliphatic heterocycles. The molecule has 2 unspecified atom stereocenters. The Labute approximate surface area is 232 Å². The standard InChI is InChI=1S/C31H26F6S2/c1-3-15-27-21(17-23(38-27)19-11-7-5-8-12-19)25-26(30(34,35)31(36,37)29(25,32)33)22-18-24(20-13-9-6-10-14-20)39-28(22,27)16-4-2/h5-14,17-18H,3-4,15-16H2,1-2H3. The van der Waals surface area contributed by atoms with Crippen molar-refractivity contribution in [1.82, 2.24) is 0 Å². The summed E-state index contributed by atoms with van der Waals surface area (Å²) < 4.78 is 91.0. The van der Waals surface area contributed by atoms with E-state index in [1.165, 1.54) is 35.7 Å². The van der Waals surface area contributed by atoms with Crippen molar-refractivity contribution in [1.29, 1.82) is 0 Å². The van der Waals surface area contributed by atoms with Crippen LogP contribution < -0.4 is 0 Å². The topological polar surface area (TPSA) is 0 Å². The van der Waals surface area contributed by atoms with Crippen molar-refractivity contribution < 1.29 is 26.3 Å². The van der Waals surface area contributed by atoms with Gasteiger partial charge in [0.1, 0.15) is 0 Å². The van der Waals surface area contributed by atoms with Crippen LogP contribution in [0.2, 0.25) is 0 Å². The Balaban J connectivity index is 1.73. The van der Waals surface area contributed by atoms with Crippen LogP contribution in [-0.2, 0) is 0 Å². The van der Waals surface area contributed by atoms with E-state index in [4.69, 9.17) is 0 Å². The summed E-state index contributed by atoms with van der Waals surface area (Å²) in [6.45, 7) is 3.83. The van der Waals surface area contributed by atoms with Crippen molar-refractivity contribution in [3.05, 3.63) is 106 Å². The van der Waals surface area contributed by atoms with Gasteiger partial charge in [-0.1, -0.05) is 87.4 Å². The second kappa shape index (κ2) is 8.84. The van der Waals surface area contributed by atoms with Crippen LogP contribution in [0.4, 0.5) is 26.3 Å². The molecule has 0 nitrogen and oxygen atoms in total. The van der Waals surface area contributed by atoms with Crippen LogP contribution >= 0.6 is 23.5 Å². The zero-order valence-corrected chi connectivity index (χ0v) is 23.0. The maximum absolute atomic E-state index is 15.7. The second-order valence-corrected chi connectivity index (χ2v) is 13.1. The van der Waals surface area contributed by atoms with Gasteiger partial charge in [-0.05, 0) is 47.3 Å². The summed E-state index contributed by atoms with van der Waals surface area (Å²) in [6.07, 6.45) is 4.85. The zero-order valence-electron chi connectivity index (χ0n) is 21.3. The van der Waals surface area contributed by atoms with Crippen LogP contribution in [-0.4, -0.2) is 27.3 Å². The van der Waals surface area contributed by atoms with Crippen LogP contribution in [0.3, 0.4) is 0 Å². The molecule has 2 aromatic carbocycles. The average Bonchev–Trinajstić information content (AvgIpc) is 3.52. The van der Waals surface area contributed by atoms with Gasteiger partial charge in [0.05, 0.1) is 9.49 Å². The molecule has 204 valence electrons. The number of benzene rings is 2. The fraction of sp³-hybridized carbons (Fsp3) is 0.355. The molecule has 2 atom stereocenters. The number of rotatable bonds is 6. The molecule has 0 amide bonds. The Morgan fingerprint density at radius 1 is 0.564 bits per heavy atom. The van der Waals surface area contributed by atoms with Crippen LogP contribution in [0.1, 0.15) is 50.7 Å². The summed E-state index contributed by atoms with van der Waals surface area (Å²) in [6, 6.07) is 18.2. The van der Waals surface area contributed by atoms with Gasteiger partial charge in [0.15, 0.2) is 0 Å². The lowest BCUT2D eigenvalue weighted by atomic mass is 9.66. The molecule has 4 aliphatic rings. The molecule has 8 heteroatoms. The zero-order chi connectivity index (χ0) is 27.8. The number of hydrogen-bond donors (Lipinski definition) is 0. The quantitative estimate of drug-likeness (QED) is 0.314. The van der Waals surface area contributed by atoms with E-state index in [1.54, 1.807) is 0 Å². The van der Waals surface area contributed by atoms with E-state index in [9.17, 15) is 0 Å². The van der Waals surface area contributed by atoms with E-state index in [0.717, 1.165) is 11.1 Å². The Morgan fingerprint density at radius 2 is 0.923 bits per heavy atom. The molecular weight excluding hydrogens is 550 g/mol. The van der Waals surface area contributed by atoms with Gasteiger partial charge in [0, 0.05) is 21.0 Å². The number of allylic oxidation sites excluding steroid dienone is 4. The maximum atomic E-state index is 15.7. The monoisotopic (exact) mass is 576 g/mol. The fourth-order valence-corrected chi connectivity index (χ4v) is 10.4. The summed E-state index contributed by atoms with van der Waals surface area (Å²) in [5, 5.41) is 0. The van der Waals surface area contributed by atoms with Crippen molar-refractivity contribution in [2.24, 2.45) is 0 Å². The molecule has 2 heterocycles. The molecule has 0 radical (unpaired) electrons. The van der Waals surface area contributed by atoms with E-state index < -0.39 is 38.4 Å². The average molecular weight is 577 g/mol. The maximum Gasteiger partial charge on any atom is 0.380 e. The van der Waals surface area contributed by atoms with Crippen molar-refractivity contribution >= 4 is 33.3 Å². The third-order valence-corrected chi connectivity index (χ3v) is 11.7. The van der Waals surface area contributed by atoms with Gasteiger partial charge < -0.3 is 0 Å². The first kappa shape index (κ1) is 26.9. The summed E-state index contributed by atoms with van der Waals surface area (Å²) in [7, 11) is 0. The molecule has 0 N–H and O–H groups in total. The van der Waals surface area contributed by atoms with Gasteiger partial charge in [0.2, 0.25) is 0 Å². The van der Waals surface area contributed by atoms with Crippen LogP contribution in [0, 0.1) is 0 Å². The summed E-state index contributed by atoms with van der Waals surface area (Å²) in [5.41, 5.74) is -1.02. The van der Waals surface area contributed by atoms with Gasteiger partial charge >= 0.3 is 17.8 Å². The number of thioether (sulfide) groups is 2. The van der Waals surface area contributed by atoms with Crippen LogP contribution in [0.25, 0.3) is 9.81 Å². The first-order chi connectivity index (χ1) is 18.5. The Morgan fingerprint density at radius 3 is 1.26 bits per heavy atom. The minimum Gasteiger partial charge on any atom is -0.194 e. The molecule has 1 fully saturated rings. The number of fused-ring (bicyclic) bond motifs is 4. The van der Waals surface area contributed by atoms with E-state index >= 15 is 26.3 Å². The van der Waals surface area contributed by atoms with Crippen molar-refractivity contribution in [3.8, 4) is 0 Å². The molecule has 2 aliphatic carbocycles. The molecule has 0 bridgehead atoms. The predicted octanol–water partition coefficient (Wildman–Crippen LogP) is 10.2. The molecule has 39 heavy (non-hydrogen) atoms. The third kappa shape index (κ3) is 3.30. The second-order valence-electron chi connectivity index (χ2n) is 10.4. The molecule has 1 saturated carbocycles. The highest BCUT2D eigenvalue weighted by molar-refractivity contribution is 8.14. The Kier molecular flexibility index (Phi) is 6.09. The lowest BCUT2D eigenvalue weighted by Crippen LogP contribution is -2.53. The smallest absolute Gasteiger partial charge is 0.194 e. The third-order valence-electron chi connectivity index (χ3n) is 8.17. The summed E-state index contributed by atoms with van der Waals surface area (Å²) >= 11 is 2.75. The predicted molar refractivity (Wildman–Crippen MR) is 148 cm³/mol. The first-order valence-corrected chi connectivity index (χ1v) is 14.7. The molecule has 0 aromatic heterocycles. The van der Waals surface area contributed by atoms with Crippen LogP contribution in [0.5, 0.6) is 0 Å². The van der Waals surface area contributed by atoms with E-state index in [-0.39, 0.29) is 11.1 Å². The van der Waals surface area contributed by atoms with E-state index in [1.807, 2.05) is 74.5 Å². The number of halogens is 6. The number of alkyl halides is 6. The van der Waals surface area contributed by atoms with Gasteiger partial charge in [-0.25, -0.2) is 0 Å². The summed E-state index contributed by atoms with van der Waals surface area (Å²) in [4.78, 5) is 1.26. The lowest BCUT2D eigenvalue weighted by molar-refractivity contribution is -0.258. The van der Waals surface area contributed by atoms with Gasteiger partial charge in [-0.2, -0.15) is 26.3 Å². The van der Waals surface area contributed by atoms with E-state index in [0.29, 0.717) is 35.5 Å². The lowest BCUT2D eigenvalue weighted by Gasteiger charge is -2.51. The van der Waals surface area contributed by atoms with Crippen molar-refractivity contribution in [2.75, 3.05) is 0 Å². The van der Waals surface area contributed by atoms with Crippen molar-refractivity contribution in [2.45, 2.75) is 66.8 Å².